The number of rotatable bonds is 2. The van der Waals surface area contributed by atoms with Crippen molar-refractivity contribution in [3.63, 3.8) is 0 Å². The molecule has 1 aromatic heterocycles. The Morgan fingerprint density at radius 1 is 1.75 bits per heavy atom. The highest BCUT2D eigenvalue weighted by molar-refractivity contribution is 9.10. The van der Waals surface area contributed by atoms with Gasteiger partial charge in [0.15, 0.2) is 5.82 Å². The molecule has 1 unspecified atom stereocenters. The highest BCUT2D eigenvalue weighted by Crippen LogP contribution is 2.21. The van der Waals surface area contributed by atoms with E-state index in [1.807, 2.05) is 0 Å². The maximum Gasteiger partial charge on any atom is 0.152 e. The minimum Gasteiger partial charge on any atom is -0.397 e. The number of hydrogen-bond donors (Lipinski definition) is 2. The Balaban J connectivity index is 2.93. The number of nitrogen functional groups attached to an aromatic ring is 1. The van der Waals surface area contributed by atoms with E-state index in [9.17, 15) is 4.21 Å². The predicted octanol–water partition coefficient (Wildman–Crippen LogP) is 1.13. The van der Waals surface area contributed by atoms with Gasteiger partial charge >= 0.3 is 0 Å². The topological polar surface area (TPSA) is 68.0 Å². The summed E-state index contributed by atoms with van der Waals surface area (Å²) in [6.07, 6.45) is 3.03. The van der Waals surface area contributed by atoms with Crippen LogP contribution < -0.4 is 10.5 Å². The lowest BCUT2D eigenvalue weighted by molar-refractivity contribution is 0.689. The molecule has 6 heteroatoms. The molecule has 1 aromatic rings. The third-order valence-corrected chi connectivity index (χ3v) is 2.19. The van der Waals surface area contributed by atoms with E-state index in [1.165, 1.54) is 12.5 Å². The Morgan fingerprint density at radius 3 is 2.92 bits per heavy atom. The van der Waals surface area contributed by atoms with Gasteiger partial charge in [0.25, 0.3) is 0 Å². The molecule has 1 heterocycles. The average Bonchev–Trinajstić information content (AvgIpc) is 1.94. The summed E-state index contributed by atoms with van der Waals surface area (Å²) in [5.41, 5.74) is 6.03. The van der Waals surface area contributed by atoms with Crippen LogP contribution in [-0.2, 0) is 11.0 Å². The van der Waals surface area contributed by atoms with Crippen molar-refractivity contribution in [1.82, 2.24) is 4.98 Å². The van der Waals surface area contributed by atoms with Crippen molar-refractivity contribution in [2.24, 2.45) is 0 Å². The van der Waals surface area contributed by atoms with Crippen LogP contribution in [-0.4, -0.2) is 15.4 Å². The lowest BCUT2D eigenvalue weighted by atomic mass is 10.4. The molecule has 0 bridgehead atoms. The third-order valence-electron chi connectivity index (χ3n) is 1.10. The van der Waals surface area contributed by atoms with E-state index >= 15 is 0 Å². The first-order valence-electron chi connectivity index (χ1n) is 3.10. The summed E-state index contributed by atoms with van der Waals surface area (Å²) >= 11 is 3.24. The Morgan fingerprint density at radius 2 is 2.42 bits per heavy atom. The Bertz CT molecular complexity index is 318. The Hall–Kier alpha value is -0.620. The fourth-order valence-corrected chi connectivity index (χ4v) is 1.70. The number of halogens is 1. The first kappa shape index (κ1) is 9.47. The molecule has 1 rings (SSSR count). The fourth-order valence-electron chi connectivity index (χ4n) is 0.664. The van der Waals surface area contributed by atoms with Crippen LogP contribution in [0.2, 0.25) is 0 Å². The summed E-state index contributed by atoms with van der Waals surface area (Å²) in [5.74, 6) is 0.532. The molecule has 12 heavy (non-hydrogen) atoms. The van der Waals surface area contributed by atoms with Crippen LogP contribution in [0.1, 0.15) is 0 Å². The number of nitrogens with one attached hydrogen (secondary N) is 1. The van der Waals surface area contributed by atoms with Crippen molar-refractivity contribution in [3.05, 3.63) is 16.7 Å². The third kappa shape index (κ3) is 2.46. The van der Waals surface area contributed by atoms with Crippen molar-refractivity contribution in [1.29, 1.82) is 0 Å². The lowest BCUT2D eigenvalue weighted by Crippen LogP contribution is -2.04. The first-order chi connectivity index (χ1) is 5.59. The van der Waals surface area contributed by atoms with Crippen LogP contribution in [0.4, 0.5) is 11.5 Å². The summed E-state index contributed by atoms with van der Waals surface area (Å²) in [6.45, 7) is 0. The molecule has 0 saturated carbocycles. The van der Waals surface area contributed by atoms with Gasteiger partial charge in [0.05, 0.1) is 16.4 Å². The molecule has 0 aromatic carbocycles. The number of nitrogens with two attached hydrogens (primary N) is 1. The van der Waals surface area contributed by atoms with E-state index in [4.69, 9.17) is 5.73 Å². The number of nitrogens with zero attached hydrogens (tertiary/aromatic N) is 1. The Kier molecular flexibility index (Phi) is 3.05. The molecule has 0 aliphatic carbocycles. The molecular formula is C6H8BrN3OS. The standard InChI is InChI=1S/C6H8BrN3OS/c1-12(11)10-6-5(7)2-4(8)3-9-6/h2-3H,8H2,1H3,(H,9,10). The van der Waals surface area contributed by atoms with Gasteiger partial charge in [-0.25, -0.2) is 9.19 Å². The fraction of sp³-hybridized carbons (Fsp3) is 0.167. The molecule has 0 saturated heterocycles. The molecule has 0 fully saturated rings. The summed E-state index contributed by atoms with van der Waals surface area (Å²) in [4.78, 5) is 3.94. The van der Waals surface area contributed by atoms with Crippen LogP contribution >= 0.6 is 15.9 Å². The zero-order valence-corrected chi connectivity index (χ0v) is 8.78. The van der Waals surface area contributed by atoms with Crippen molar-refractivity contribution in [3.8, 4) is 0 Å². The molecule has 0 spiro atoms. The highest BCUT2D eigenvalue weighted by atomic mass is 79.9. The molecule has 3 N–H and O–H groups in total. The van der Waals surface area contributed by atoms with Crippen LogP contribution in [0.5, 0.6) is 0 Å². The second-order valence-electron chi connectivity index (χ2n) is 2.16. The quantitative estimate of drug-likeness (QED) is 0.826. The van der Waals surface area contributed by atoms with Crippen LogP contribution in [0.25, 0.3) is 0 Å². The minimum absolute atomic E-state index is 0.532. The van der Waals surface area contributed by atoms with Gasteiger partial charge in [0.2, 0.25) is 0 Å². The van der Waals surface area contributed by atoms with E-state index in [2.05, 4.69) is 25.6 Å². The number of pyridine rings is 1. The van der Waals surface area contributed by atoms with Gasteiger partial charge in [-0.1, -0.05) is 0 Å². The molecule has 0 aliphatic rings. The number of anilines is 2. The van der Waals surface area contributed by atoms with E-state index in [-0.39, 0.29) is 0 Å². The van der Waals surface area contributed by atoms with Gasteiger partial charge in [0.1, 0.15) is 11.0 Å². The van der Waals surface area contributed by atoms with Crippen LogP contribution in [0.15, 0.2) is 16.7 Å². The summed E-state index contributed by atoms with van der Waals surface area (Å²) < 4.78 is 14.1. The molecule has 4 nitrogen and oxygen atoms in total. The number of hydrogen-bond acceptors (Lipinski definition) is 3. The van der Waals surface area contributed by atoms with Gasteiger partial charge in [-0.05, 0) is 22.0 Å². The van der Waals surface area contributed by atoms with Gasteiger partial charge in [0, 0.05) is 6.26 Å². The summed E-state index contributed by atoms with van der Waals surface area (Å²) in [7, 11) is -1.12. The van der Waals surface area contributed by atoms with Crippen molar-refractivity contribution in [2.75, 3.05) is 16.7 Å². The molecular weight excluding hydrogens is 242 g/mol. The molecule has 66 valence electrons. The second-order valence-corrected chi connectivity index (χ2v) is 4.12. The SMILES string of the molecule is CS(=O)Nc1ncc(N)cc1Br. The van der Waals surface area contributed by atoms with E-state index in [0.29, 0.717) is 16.0 Å². The van der Waals surface area contributed by atoms with Crippen molar-refractivity contribution < 1.29 is 4.21 Å². The zero-order valence-electron chi connectivity index (χ0n) is 6.37. The van der Waals surface area contributed by atoms with E-state index in [0.717, 1.165) is 0 Å². The van der Waals surface area contributed by atoms with Crippen LogP contribution in [0, 0.1) is 0 Å². The van der Waals surface area contributed by atoms with Crippen LogP contribution in [0.3, 0.4) is 0 Å². The lowest BCUT2D eigenvalue weighted by Gasteiger charge is -2.03. The average molecular weight is 250 g/mol. The normalized spacial score (nSPS) is 12.5. The summed E-state index contributed by atoms with van der Waals surface area (Å²) in [5, 5.41) is 0. The monoisotopic (exact) mass is 249 g/mol. The largest absolute Gasteiger partial charge is 0.397 e. The first-order valence-corrected chi connectivity index (χ1v) is 5.46. The number of aromatic nitrogens is 1. The van der Waals surface area contributed by atoms with E-state index < -0.39 is 11.0 Å². The second kappa shape index (κ2) is 3.86. The smallest absolute Gasteiger partial charge is 0.152 e. The van der Waals surface area contributed by atoms with Gasteiger partial charge in [-0.3, -0.25) is 4.72 Å². The molecule has 0 radical (unpaired) electrons. The predicted molar refractivity (Wildman–Crippen MR) is 54.0 cm³/mol. The van der Waals surface area contributed by atoms with Crippen molar-refractivity contribution >= 4 is 38.4 Å². The Labute approximate surface area is 81.3 Å². The molecule has 0 aliphatic heterocycles. The van der Waals surface area contributed by atoms with Gasteiger partial charge in [-0.15, -0.1) is 0 Å². The molecule has 1 atom stereocenters. The highest BCUT2D eigenvalue weighted by Gasteiger charge is 2.01. The zero-order chi connectivity index (χ0) is 9.14. The maximum atomic E-state index is 10.8. The minimum atomic E-state index is -1.12. The van der Waals surface area contributed by atoms with Gasteiger partial charge in [-0.2, -0.15) is 0 Å². The summed E-state index contributed by atoms with van der Waals surface area (Å²) in [6, 6.07) is 1.70. The van der Waals surface area contributed by atoms with Gasteiger partial charge < -0.3 is 5.73 Å². The molecule has 0 amide bonds. The maximum absolute atomic E-state index is 10.8. The van der Waals surface area contributed by atoms with E-state index in [1.54, 1.807) is 6.07 Å². The van der Waals surface area contributed by atoms with Crippen molar-refractivity contribution in [2.45, 2.75) is 0 Å².